The highest BCUT2D eigenvalue weighted by atomic mass is 16.2. The summed E-state index contributed by atoms with van der Waals surface area (Å²) < 4.78 is 0. The number of Topliss-reactive ketones (excluding diaryl/α,β-unsaturated/α-hetero) is 1. The predicted octanol–water partition coefficient (Wildman–Crippen LogP) is 3.74. The fourth-order valence-corrected chi connectivity index (χ4v) is 2.83. The van der Waals surface area contributed by atoms with Crippen LogP contribution < -0.4 is 16.4 Å². The summed E-state index contributed by atoms with van der Waals surface area (Å²) in [5.74, 6) is -0.125. The summed E-state index contributed by atoms with van der Waals surface area (Å²) in [6, 6.07) is -0.428. The molecule has 1 aliphatic rings. The van der Waals surface area contributed by atoms with Crippen LogP contribution in [0.2, 0.25) is 0 Å². The monoisotopic (exact) mass is 323 g/mol. The van der Waals surface area contributed by atoms with Gasteiger partial charge in [-0.15, -0.1) is 0 Å². The number of amides is 2. The average molecular weight is 323 g/mol. The summed E-state index contributed by atoms with van der Waals surface area (Å²) in [5, 5.41) is 4.91. The van der Waals surface area contributed by atoms with Gasteiger partial charge >= 0.3 is 6.03 Å². The first-order valence-electron chi connectivity index (χ1n) is 9.17. The lowest BCUT2D eigenvalue weighted by molar-refractivity contribution is -0.123. The van der Waals surface area contributed by atoms with Crippen LogP contribution in [0.5, 0.6) is 0 Å². The van der Waals surface area contributed by atoms with Gasteiger partial charge in [0.15, 0.2) is 11.4 Å². The van der Waals surface area contributed by atoms with Crippen molar-refractivity contribution >= 4 is 11.8 Å². The SMILES string of the molecule is CCCCCCCCCCCCCC(=O)C1(N)C=CNC(=O)N1. The van der Waals surface area contributed by atoms with Gasteiger partial charge in [-0.3, -0.25) is 10.5 Å². The molecule has 0 saturated heterocycles. The topological polar surface area (TPSA) is 84.2 Å². The molecule has 5 nitrogen and oxygen atoms in total. The first-order valence-corrected chi connectivity index (χ1v) is 9.17. The average Bonchev–Trinajstić information content (AvgIpc) is 2.52. The minimum atomic E-state index is -1.33. The molecule has 0 aromatic rings. The van der Waals surface area contributed by atoms with E-state index in [4.69, 9.17) is 5.73 Å². The second-order valence-corrected chi connectivity index (χ2v) is 6.51. The van der Waals surface area contributed by atoms with Crippen LogP contribution in [-0.4, -0.2) is 17.5 Å². The molecule has 1 aliphatic heterocycles. The lowest BCUT2D eigenvalue weighted by Crippen LogP contribution is -2.64. The Kier molecular flexibility index (Phi) is 9.60. The summed E-state index contributed by atoms with van der Waals surface area (Å²) in [6.07, 6.45) is 17.1. The molecule has 0 aliphatic carbocycles. The summed E-state index contributed by atoms with van der Waals surface area (Å²) in [6.45, 7) is 2.24. The van der Waals surface area contributed by atoms with Gasteiger partial charge in [-0.05, 0) is 12.5 Å². The van der Waals surface area contributed by atoms with E-state index in [2.05, 4.69) is 17.6 Å². The third kappa shape index (κ3) is 8.16. The molecule has 4 N–H and O–H groups in total. The molecule has 23 heavy (non-hydrogen) atoms. The summed E-state index contributed by atoms with van der Waals surface area (Å²) in [5.41, 5.74) is 4.58. The van der Waals surface area contributed by atoms with Crippen molar-refractivity contribution < 1.29 is 9.59 Å². The van der Waals surface area contributed by atoms with Gasteiger partial charge in [0.2, 0.25) is 0 Å². The fourth-order valence-electron chi connectivity index (χ4n) is 2.83. The molecular formula is C18H33N3O2. The van der Waals surface area contributed by atoms with Gasteiger partial charge < -0.3 is 10.6 Å². The number of unbranched alkanes of at least 4 members (excludes halogenated alkanes) is 10. The normalized spacial score (nSPS) is 20.2. The molecular weight excluding hydrogens is 290 g/mol. The number of nitrogens with one attached hydrogen (secondary N) is 2. The van der Waals surface area contributed by atoms with Gasteiger partial charge in [0.25, 0.3) is 0 Å². The number of nitrogens with two attached hydrogens (primary N) is 1. The summed E-state index contributed by atoms with van der Waals surface area (Å²) >= 11 is 0. The van der Waals surface area contributed by atoms with Gasteiger partial charge in [-0.1, -0.05) is 71.1 Å². The molecule has 0 spiro atoms. The standard InChI is InChI=1S/C18H33N3O2/c1-2-3-4-5-6-7-8-9-10-11-12-13-16(22)18(19)14-15-20-17(23)21-18/h14-15H,2-13,19H2,1H3,(H2,20,21,23). The predicted molar refractivity (Wildman–Crippen MR) is 93.8 cm³/mol. The lowest BCUT2D eigenvalue weighted by Gasteiger charge is -2.28. The van der Waals surface area contributed by atoms with E-state index in [-0.39, 0.29) is 5.78 Å². The molecule has 0 bridgehead atoms. The van der Waals surface area contributed by atoms with E-state index in [9.17, 15) is 9.59 Å². The van der Waals surface area contributed by atoms with Gasteiger partial charge in [-0.25, -0.2) is 4.79 Å². The molecule has 0 fully saturated rings. The van der Waals surface area contributed by atoms with E-state index in [1.54, 1.807) is 0 Å². The Morgan fingerprint density at radius 2 is 1.52 bits per heavy atom. The number of ketones is 1. The van der Waals surface area contributed by atoms with Crippen molar-refractivity contribution in [1.82, 2.24) is 10.6 Å². The van der Waals surface area contributed by atoms with Gasteiger partial charge in [0, 0.05) is 12.6 Å². The van der Waals surface area contributed by atoms with Crippen LogP contribution >= 0.6 is 0 Å². The molecule has 1 heterocycles. The largest absolute Gasteiger partial charge is 0.320 e. The molecule has 0 radical (unpaired) electrons. The van der Waals surface area contributed by atoms with Crippen molar-refractivity contribution in [2.45, 2.75) is 89.6 Å². The maximum atomic E-state index is 12.1. The number of rotatable bonds is 13. The Labute approximate surface area is 140 Å². The van der Waals surface area contributed by atoms with E-state index < -0.39 is 11.7 Å². The van der Waals surface area contributed by atoms with Crippen molar-refractivity contribution in [1.29, 1.82) is 0 Å². The molecule has 1 unspecified atom stereocenters. The van der Waals surface area contributed by atoms with E-state index in [1.807, 2.05) is 0 Å². The molecule has 0 aromatic heterocycles. The zero-order valence-corrected chi connectivity index (χ0v) is 14.5. The summed E-state index contributed by atoms with van der Waals surface area (Å²) in [7, 11) is 0. The van der Waals surface area contributed by atoms with Crippen molar-refractivity contribution in [2.75, 3.05) is 0 Å². The second kappa shape index (κ2) is 11.2. The Balaban J connectivity index is 1.98. The molecule has 132 valence electrons. The van der Waals surface area contributed by atoms with Gasteiger partial charge in [-0.2, -0.15) is 0 Å². The van der Waals surface area contributed by atoms with Crippen LogP contribution in [0.15, 0.2) is 12.3 Å². The van der Waals surface area contributed by atoms with Crippen LogP contribution in [0, 0.1) is 0 Å². The zero-order valence-electron chi connectivity index (χ0n) is 14.5. The van der Waals surface area contributed by atoms with E-state index in [0.29, 0.717) is 6.42 Å². The molecule has 0 saturated carbocycles. The number of carbonyl (C=O) groups is 2. The minimum Gasteiger partial charge on any atom is -0.315 e. The highest BCUT2D eigenvalue weighted by Gasteiger charge is 2.33. The van der Waals surface area contributed by atoms with Crippen LogP contribution in [-0.2, 0) is 4.79 Å². The molecule has 2 amide bonds. The molecule has 1 rings (SSSR count). The smallest absolute Gasteiger partial charge is 0.315 e. The first kappa shape index (κ1) is 19.7. The first-order chi connectivity index (χ1) is 11.1. The highest BCUT2D eigenvalue weighted by Crippen LogP contribution is 2.14. The number of urea groups is 1. The second-order valence-electron chi connectivity index (χ2n) is 6.51. The Bertz CT molecular complexity index is 396. The Morgan fingerprint density at radius 1 is 1.00 bits per heavy atom. The molecule has 5 heteroatoms. The maximum absolute atomic E-state index is 12.1. The maximum Gasteiger partial charge on any atom is 0.320 e. The molecule has 1 atom stereocenters. The minimum absolute atomic E-state index is 0.125. The Hall–Kier alpha value is -1.36. The van der Waals surface area contributed by atoms with Crippen LogP contribution in [0.3, 0.4) is 0 Å². The van der Waals surface area contributed by atoms with Crippen LogP contribution in [0.1, 0.15) is 84.0 Å². The van der Waals surface area contributed by atoms with Crippen LogP contribution in [0.25, 0.3) is 0 Å². The summed E-state index contributed by atoms with van der Waals surface area (Å²) in [4.78, 5) is 23.3. The number of carbonyl (C=O) groups excluding carboxylic acids is 2. The van der Waals surface area contributed by atoms with Crippen molar-refractivity contribution in [3.63, 3.8) is 0 Å². The quantitative estimate of drug-likeness (QED) is 0.451. The van der Waals surface area contributed by atoms with E-state index >= 15 is 0 Å². The third-order valence-corrected chi connectivity index (χ3v) is 4.35. The van der Waals surface area contributed by atoms with E-state index in [0.717, 1.165) is 12.8 Å². The van der Waals surface area contributed by atoms with Crippen molar-refractivity contribution in [2.24, 2.45) is 5.73 Å². The Morgan fingerprint density at radius 3 is 2.04 bits per heavy atom. The fraction of sp³-hybridized carbons (Fsp3) is 0.778. The molecule has 0 aromatic carbocycles. The van der Waals surface area contributed by atoms with Crippen LogP contribution in [0.4, 0.5) is 4.79 Å². The number of hydrogen-bond acceptors (Lipinski definition) is 3. The highest BCUT2D eigenvalue weighted by molar-refractivity contribution is 5.95. The van der Waals surface area contributed by atoms with Crippen molar-refractivity contribution in [3.05, 3.63) is 12.3 Å². The lowest BCUT2D eigenvalue weighted by atomic mass is 9.98. The third-order valence-electron chi connectivity index (χ3n) is 4.35. The van der Waals surface area contributed by atoms with E-state index in [1.165, 1.54) is 70.1 Å². The van der Waals surface area contributed by atoms with Crippen molar-refractivity contribution in [3.8, 4) is 0 Å². The van der Waals surface area contributed by atoms with Gasteiger partial charge in [0.1, 0.15) is 0 Å². The zero-order chi connectivity index (χ0) is 17.0. The van der Waals surface area contributed by atoms with Gasteiger partial charge in [0.05, 0.1) is 0 Å². The number of hydrogen-bond donors (Lipinski definition) is 3.